The van der Waals surface area contributed by atoms with Gasteiger partial charge in [0.1, 0.15) is 48.8 Å². The van der Waals surface area contributed by atoms with Gasteiger partial charge in [-0.1, -0.05) is 238 Å². The van der Waals surface area contributed by atoms with Crippen molar-refractivity contribution in [2.45, 2.75) is 325 Å². The molecule has 0 aromatic carbocycles. The molecule has 2 rings (SSSR count). The Hall–Kier alpha value is -1.27. The number of carbonyl (C=O) groups excluding carboxylic acids is 1. The molecule has 2 heterocycles. The fourth-order valence-electron chi connectivity index (χ4n) is 9.94. The lowest BCUT2D eigenvalue weighted by Gasteiger charge is -2.46. The summed E-state index contributed by atoms with van der Waals surface area (Å²) < 4.78 is 22.7. The lowest BCUT2D eigenvalue weighted by atomic mass is 9.97. The molecule has 2 saturated heterocycles. The number of allylic oxidation sites excluding steroid dienone is 1. The lowest BCUT2D eigenvalue weighted by molar-refractivity contribution is -0.359. The SMILES string of the molecule is CCCCCCCCCCCCCCCCCCCCCCCCCCCC/C=C/C(O)C(COC1OC(CO)C(OC2OC(CO)C(O)C(O)C2O)C(O)C1O)NC(=O)CCCCCCCCCCC. The van der Waals surface area contributed by atoms with Gasteiger partial charge in [0.05, 0.1) is 32.0 Å². The topological polar surface area (TPSA) is 228 Å². The molecule has 9 N–H and O–H groups in total. The van der Waals surface area contributed by atoms with Gasteiger partial charge >= 0.3 is 0 Å². The second kappa shape index (κ2) is 43.9. The van der Waals surface area contributed by atoms with Crippen LogP contribution >= 0.6 is 0 Å². The molecular weight excluding hydrogens is 907 g/mol. The molecule has 0 aromatic heterocycles. The van der Waals surface area contributed by atoms with Crippen molar-refractivity contribution in [1.29, 1.82) is 0 Å². The van der Waals surface area contributed by atoms with Gasteiger partial charge in [0.15, 0.2) is 12.6 Å². The van der Waals surface area contributed by atoms with Crippen molar-refractivity contribution in [3.63, 3.8) is 0 Å². The van der Waals surface area contributed by atoms with Crippen LogP contribution in [0, 0.1) is 0 Å². The van der Waals surface area contributed by atoms with Gasteiger partial charge in [0.2, 0.25) is 5.91 Å². The molecule has 0 aromatic rings. The van der Waals surface area contributed by atoms with Gasteiger partial charge < -0.3 is 65.1 Å². The molecule has 0 aliphatic carbocycles. The highest BCUT2D eigenvalue weighted by Gasteiger charge is 2.51. The molecule has 0 bridgehead atoms. The molecule has 0 spiro atoms. The summed E-state index contributed by atoms with van der Waals surface area (Å²) in [4.78, 5) is 13.1. The Morgan fingerprint density at radius 1 is 0.493 bits per heavy atom. The molecule has 12 atom stereocenters. The van der Waals surface area contributed by atoms with Gasteiger partial charge in [-0.25, -0.2) is 0 Å². The Bertz CT molecular complexity index is 1240. The number of nitrogens with one attached hydrogen (secondary N) is 1. The fraction of sp³-hybridized carbons (Fsp3) is 0.947. The van der Waals surface area contributed by atoms with Gasteiger partial charge in [-0.15, -0.1) is 0 Å². The van der Waals surface area contributed by atoms with E-state index >= 15 is 0 Å². The lowest BCUT2D eigenvalue weighted by Crippen LogP contribution is -2.65. The van der Waals surface area contributed by atoms with Crippen LogP contribution < -0.4 is 5.32 Å². The second-order valence-corrected chi connectivity index (χ2v) is 21.1. The first kappa shape index (κ1) is 65.8. The highest BCUT2D eigenvalue weighted by Crippen LogP contribution is 2.30. The maximum atomic E-state index is 13.1. The summed E-state index contributed by atoms with van der Waals surface area (Å²) in [5, 5.41) is 86.8. The van der Waals surface area contributed by atoms with Gasteiger partial charge in [-0.3, -0.25) is 4.79 Å². The summed E-state index contributed by atoms with van der Waals surface area (Å²) in [7, 11) is 0. The van der Waals surface area contributed by atoms with Crippen LogP contribution in [0.15, 0.2) is 12.2 Å². The van der Waals surface area contributed by atoms with Crippen molar-refractivity contribution in [2.75, 3.05) is 19.8 Å². The summed E-state index contributed by atoms with van der Waals surface area (Å²) in [6.45, 7) is 2.79. The largest absolute Gasteiger partial charge is 0.394 e. The zero-order chi connectivity index (χ0) is 51.7. The minimum atomic E-state index is -1.78. The minimum absolute atomic E-state index is 0.240. The fourth-order valence-corrected chi connectivity index (χ4v) is 9.94. The van der Waals surface area contributed by atoms with Crippen LogP contribution in [-0.2, 0) is 23.7 Å². The summed E-state index contributed by atoms with van der Waals surface area (Å²) in [6.07, 6.45) is 32.9. The predicted molar refractivity (Wildman–Crippen MR) is 282 cm³/mol. The van der Waals surface area contributed by atoms with E-state index in [1.807, 2.05) is 6.08 Å². The van der Waals surface area contributed by atoms with Crippen LogP contribution in [0.1, 0.15) is 251 Å². The Morgan fingerprint density at radius 3 is 1.30 bits per heavy atom. The van der Waals surface area contributed by atoms with E-state index in [0.29, 0.717) is 6.42 Å². The van der Waals surface area contributed by atoms with E-state index in [-0.39, 0.29) is 18.9 Å². The quantitative estimate of drug-likeness (QED) is 0.0205. The first-order valence-electron chi connectivity index (χ1n) is 29.4. The molecule has 71 heavy (non-hydrogen) atoms. The van der Waals surface area contributed by atoms with E-state index in [2.05, 4.69) is 19.2 Å². The Kier molecular flexibility index (Phi) is 40.7. The van der Waals surface area contributed by atoms with E-state index in [9.17, 15) is 45.6 Å². The Balaban J connectivity index is 1.67. The van der Waals surface area contributed by atoms with Crippen LogP contribution in [-0.4, -0.2) is 140 Å². The minimum Gasteiger partial charge on any atom is -0.394 e. The molecule has 420 valence electrons. The van der Waals surface area contributed by atoms with E-state index in [0.717, 1.165) is 38.5 Å². The number of aliphatic hydroxyl groups is 8. The molecule has 0 saturated carbocycles. The molecule has 2 aliphatic rings. The van der Waals surface area contributed by atoms with Crippen molar-refractivity contribution >= 4 is 5.91 Å². The van der Waals surface area contributed by atoms with Crippen LogP contribution in [0.3, 0.4) is 0 Å². The molecule has 0 radical (unpaired) electrons. The first-order valence-corrected chi connectivity index (χ1v) is 29.4. The van der Waals surface area contributed by atoms with Crippen LogP contribution in [0.4, 0.5) is 0 Å². The zero-order valence-electron chi connectivity index (χ0n) is 45.0. The first-order chi connectivity index (χ1) is 34.6. The standard InChI is InChI=1S/C57H109NO13/c1-3-5-7-9-11-13-14-15-16-17-18-19-20-21-22-23-24-25-26-27-28-29-30-31-33-34-36-38-40-46(61)45(58-49(62)41-39-37-35-32-12-10-8-6-4-2)44-68-56-54(67)52(65)55(48(43-60)70-56)71-57-53(66)51(64)50(63)47(42-59)69-57/h38,40,45-48,50-57,59-61,63-67H,3-37,39,41-44H2,1-2H3,(H,58,62)/b40-38+. The van der Waals surface area contributed by atoms with Gasteiger partial charge in [-0.05, 0) is 19.3 Å². The zero-order valence-corrected chi connectivity index (χ0v) is 45.0. The molecule has 2 fully saturated rings. The van der Waals surface area contributed by atoms with Crippen LogP contribution in [0.5, 0.6) is 0 Å². The van der Waals surface area contributed by atoms with E-state index in [1.165, 1.54) is 186 Å². The normalized spacial score (nSPS) is 25.8. The van der Waals surface area contributed by atoms with Crippen molar-refractivity contribution in [1.82, 2.24) is 5.32 Å². The average molecular weight is 1020 g/mol. The van der Waals surface area contributed by atoms with Gasteiger partial charge in [0.25, 0.3) is 0 Å². The number of hydrogen-bond acceptors (Lipinski definition) is 13. The maximum Gasteiger partial charge on any atom is 0.220 e. The summed E-state index contributed by atoms with van der Waals surface area (Å²) >= 11 is 0. The molecular formula is C57H109NO13. The number of hydrogen-bond donors (Lipinski definition) is 9. The number of aliphatic hydroxyl groups excluding tert-OH is 8. The van der Waals surface area contributed by atoms with Crippen LogP contribution in [0.2, 0.25) is 0 Å². The third kappa shape index (κ3) is 30.2. The maximum absolute atomic E-state index is 13.1. The highest BCUT2D eigenvalue weighted by atomic mass is 16.7. The van der Waals surface area contributed by atoms with Crippen molar-refractivity contribution < 1.29 is 64.6 Å². The van der Waals surface area contributed by atoms with Crippen molar-refractivity contribution in [3.05, 3.63) is 12.2 Å². The second-order valence-electron chi connectivity index (χ2n) is 21.1. The highest BCUT2D eigenvalue weighted by molar-refractivity contribution is 5.76. The molecule has 14 heteroatoms. The molecule has 1 amide bonds. The number of ether oxygens (including phenoxy) is 4. The predicted octanol–water partition coefficient (Wildman–Crippen LogP) is 9.50. The molecule has 14 nitrogen and oxygen atoms in total. The number of rotatable bonds is 47. The molecule has 12 unspecified atom stereocenters. The van der Waals surface area contributed by atoms with Gasteiger partial charge in [-0.2, -0.15) is 0 Å². The van der Waals surface area contributed by atoms with E-state index < -0.39 is 86.8 Å². The van der Waals surface area contributed by atoms with E-state index in [4.69, 9.17) is 18.9 Å². The Morgan fingerprint density at radius 2 is 0.873 bits per heavy atom. The third-order valence-corrected chi connectivity index (χ3v) is 14.7. The van der Waals surface area contributed by atoms with Gasteiger partial charge in [0, 0.05) is 6.42 Å². The smallest absolute Gasteiger partial charge is 0.220 e. The number of unbranched alkanes of at least 4 members (excludes halogenated alkanes) is 34. The third-order valence-electron chi connectivity index (χ3n) is 14.7. The summed E-state index contributed by atoms with van der Waals surface area (Å²) in [5.41, 5.74) is 0. The monoisotopic (exact) mass is 1020 g/mol. The number of carbonyl (C=O) groups is 1. The molecule has 2 aliphatic heterocycles. The number of amides is 1. The Labute approximate surface area is 431 Å². The van der Waals surface area contributed by atoms with E-state index in [1.54, 1.807) is 6.08 Å². The summed E-state index contributed by atoms with van der Waals surface area (Å²) in [6, 6.07) is -0.908. The van der Waals surface area contributed by atoms with Crippen LogP contribution in [0.25, 0.3) is 0 Å². The average Bonchev–Trinajstić information content (AvgIpc) is 3.37. The van der Waals surface area contributed by atoms with Crippen molar-refractivity contribution in [3.8, 4) is 0 Å². The van der Waals surface area contributed by atoms with Crippen molar-refractivity contribution in [2.24, 2.45) is 0 Å². The summed E-state index contributed by atoms with van der Waals surface area (Å²) in [5.74, 6) is -0.240.